The maximum atomic E-state index is 13.6. The average Bonchev–Trinajstić information content (AvgIpc) is 3.27. The number of pyridine rings is 2. The Labute approximate surface area is 161 Å². The van der Waals surface area contributed by atoms with E-state index in [0.717, 1.165) is 21.2 Å². The van der Waals surface area contributed by atoms with Crippen LogP contribution >= 0.6 is 11.3 Å². The van der Waals surface area contributed by atoms with Crippen molar-refractivity contribution in [3.63, 3.8) is 0 Å². The number of nitrogen functional groups attached to an aromatic ring is 1. The van der Waals surface area contributed by atoms with Crippen LogP contribution in [0.5, 0.6) is 0 Å². The van der Waals surface area contributed by atoms with E-state index < -0.39 is 5.91 Å². The number of hydrogen-bond donors (Lipinski definition) is 3. The second kappa shape index (κ2) is 5.64. The summed E-state index contributed by atoms with van der Waals surface area (Å²) in [7, 11) is 0. The molecule has 0 radical (unpaired) electrons. The number of nitrogens with one attached hydrogen (secondary N) is 1. The van der Waals surface area contributed by atoms with Crippen LogP contribution in [0.1, 0.15) is 15.9 Å². The monoisotopic (exact) mass is 390 g/mol. The number of nitrogens with zero attached hydrogens (tertiary/aromatic N) is 3. The lowest BCUT2D eigenvalue weighted by Crippen LogP contribution is -2.27. The Morgan fingerprint density at radius 1 is 1.29 bits per heavy atom. The first-order chi connectivity index (χ1) is 13.5. The highest BCUT2D eigenvalue weighted by Crippen LogP contribution is 2.36. The van der Waals surface area contributed by atoms with E-state index in [0.29, 0.717) is 21.3 Å². The van der Waals surface area contributed by atoms with Gasteiger partial charge in [-0.15, -0.1) is 11.3 Å². The number of thiophene rings is 1. The molecule has 4 aromatic heterocycles. The Morgan fingerprint density at radius 3 is 2.89 bits per heavy atom. The molecular weight excluding hydrogens is 376 g/mol. The minimum absolute atomic E-state index is 0.00774. The van der Waals surface area contributed by atoms with Gasteiger partial charge in [-0.05, 0) is 30.7 Å². The third-order valence-corrected chi connectivity index (χ3v) is 6.02. The highest BCUT2D eigenvalue weighted by molar-refractivity contribution is 7.26. The van der Waals surface area contributed by atoms with Crippen LogP contribution in [0.15, 0.2) is 41.5 Å². The second-order valence-electron chi connectivity index (χ2n) is 6.48. The first kappa shape index (κ1) is 16.5. The smallest absolute Gasteiger partial charge is 0.267 e. The van der Waals surface area contributed by atoms with Gasteiger partial charge in [-0.2, -0.15) is 5.10 Å². The van der Waals surface area contributed by atoms with E-state index in [1.54, 1.807) is 18.5 Å². The predicted octanol–water partition coefficient (Wildman–Crippen LogP) is 2.47. The third-order valence-electron chi connectivity index (χ3n) is 4.86. The van der Waals surface area contributed by atoms with Gasteiger partial charge < -0.3 is 11.5 Å². The first-order valence-electron chi connectivity index (χ1n) is 8.43. The molecule has 0 spiro atoms. The highest BCUT2D eigenvalue weighted by atomic mass is 32.1. The Balaban J connectivity index is 2.07. The molecule has 0 aliphatic heterocycles. The molecule has 9 heteroatoms. The third kappa shape index (κ3) is 2.04. The molecule has 0 aliphatic carbocycles. The number of aromatic amines is 1. The molecular formula is C19H14N6O2S. The van der Waals surface area contributed by atoms with Crippen LogP contribution in [0, 0.1) is 6.92 Å². The summed E-state index contributed by atoms with van der Waals surface area (Å²) < 4.78 is 2.58. The molecule has 0 bridgehead atoms. The predicted molar refractivity (Wildman–Crippen MR) is 110 cm³/mol. The molecule has 1 amide bonds. The topological polar surface area (TPSA) is 133 Å². The maximum Gasteiger partial charge on any atom is 0.267 e. The number of primary amides is 1. The lowest BCUT2D eigenvalue weighted by molar-refractivity contribution is 0.100. The van der Waals surface area contributed by atoms with Gasteiger partial charge in [-0.25, -0.2) is 0 Å². The van der Waals surface area contributed by atoms with E-state index in [4.69, 9.17) is 11.5 Å². The lowest BCUT2D eigenvalue weighted by atomic mass is 10.1. The fourth-order valence-electron chi connectivity index (χ4n) is 3.62. The summed E-state index contributed by atoms with van der Waals surface area (Å²) in [5.74, 6) is -0.687. The number of H-pyrrole nitrogens is 1. The number of benzene rings is 1. The van der Waals surface area contributed by atoms with E-state index in [-0.39, 0.29) is 16.9 Å². The van der Waals surface area contributed by atoms with Crippen molar-refractivity contribution in [2.75, 3.05) is 5.73 Å². The van der Waals surface area contributed by atoms with E-state index in [2.05, 4.69) is 15.2 Å². The summed E-state index contributed by atoms with van der Waals surface area (Å²) in [5, 5.41) is 8.01. The van der Waals surface area contributed by atoms with Crippen molar-refractivity contribution in [3.8, 4) is 5.69 Å². The van der Waals surface area contributed by atoms with Crippen LogP contribution in [0.4, 0.5) is 5.82 Å². The molecule has 8 nitrogen and oxygen atoms in total. The van der Waals surface area contributed by atoms with Crippen molar-refractivity contribution >= 4 is 54.3 Å². The molecule has 0 aliphatic rings. The standard InChI is InChI=1S/C19H14N6O2S/c1-8-4-5-10-9(7-23-24-10)15(8)25-17(20)13(18(21)26)16-12(19(25)27)14-11(28-16)3-2-6-22-14/h2-7H,20H2,1H3,(H2,21,26)(H,23,24). The average molecular weight is 390 g/mol. The molecule has 0 unspecified atom stereocenters. The van der Waals surface area contributed by atoms with Crippen molar-refractivity contribution < 1.29 is 4.79 Å². The molecule has 5 rings (SSSR count). The molecule has 138 valence electrons. The van der Waals surface area contributed by atoms with Crippen LogP contribution in [0.25, 0.3) is 36.9 Å². The molecule has 4 heterocycles. The summed E-state index contributed by atoms with van der Waals surface area (Å²) in [5.41, 5.74) is 14.4. The SMILES string of the molecule is Cc1ccc2[nH]ncc2c1-n1c(N)c(C(N)=O)c2sc3cccnc3c2c1=O. The van der Waals surface area contributed by atoms with Crippen molar-refractivity contribution in [1.82, 2.24) is 19.7 Å². The van der Waals surface area contributed by atoms with E-state index in [9.17, 15) is 9.59 Å². The molecule has 5 N–H and O–H groups in total. The van der Waals surface area contributed by atoms with Gasteiger partial charge in [0.15, 0.2) is 0 Å². The number of fused-ring (bicyclic) bond motifs is 4. The van der Waals surface area contributed by atoms with E-state index in [1.165, 1.54) is 15.9 Å². The number of rotatable bonds is 2. The van der Waals surface area contributed by atoms with Crippen molar-refractivity contribution in [2.45, 2.75) is 6.92 Å². The first-order valence-corrected chi connectivity index (χ1v) is 9.25. The normalized spacial score (nSPS) is 11.6. The van der Waals surface area contributed by atoms with Crippen LogP contribution in [0.2, 0.25) is 0 Å². The van der Waals surface area contributed by atoms with Crippen molar-refractivity contribution in [3.05, 3.63) is 58.1 Å². The van der Waals surface area contributed by atoms with Gasteiger partial charge in [0.25, 0.3) is 11.5 Å². The maximum absolute atomic E-state index is 13.6. The highest BCUT2D eigenvalue weighted by Gasteiger charge is 2.25. The largest absolute Gasteiger partial charge is 0.384 e. The van der Waals surface area contributed by atoms with Crippen LogP contribution in [0.3, 0.4) is 0 Å². The summed E-state index contributed by atoms with van der Waals surface area (Å²) in [6, 6.07) is 7.36. The number of aryl methyl sites for hydroxylation is 1. The number of carbonyl (C=O) groups is 1. The zero-order valence-electron chi connectivity index (χ0n) is 14.7. The number of nitrogens with two attached hydrogens (primary N) is 2. The van der Waals surface area contributed by atoms with E-state index >= 15 is 0 Å². The van der Waals surface area contributed by atoms with Crippen LogP contribution in [-0.2, 0) is 0 Å². The molecule has 1 aromatic carbocycles. The Bertz CT molecular complexity index is 1490. The van der Waals surface area contributed by atoms with E-state index in [1.807, 2.05) is 25.1 Å². The Hall–Kier alpha value is -3.72. The fourth-order valence-corrected chi connectivity index (χ4v) is 4.83. The van der Waals surface area contributed by atoms with Gasteiger partial charge in [0.1, 0.15) is 5.82 Å². The van der Waals surface area contributed by atoms with Crippen LogP contribution < -0.4 is 17.0 Å². The second-order valence-corrected chi connectivity index (χ2v) is 7.54. The molecule has 5 aromatic rings. The van der Waals surface area contributed by atoms with Crippen molar-refractivity contribution in [2.24, 2.45) is 5.73 Å². The summed E-state index contributed by atoms with van der Waals surface area (Å²) in [4.78, 5) is 30.2. The van der Waals surface area contributed by atoms with Gasteiger partial charge in [-0.3, -0.25) is 24.2 Å². The fraction of sp³-hybridized carbons (Fsp3) is 0.0526. The summed E-state index contributed by atoms with van der Waals surface area (Å²) >= 11 is 1.28. The number of hydrogen-bond acceptors (Lipinski definition) is 6. The van der Waals surface area contributed by atoms with Crippen molar-refractivity contribution in [1.29, 1.82) is 0 Å². The number of aromatic nitrogens is 4. The van der Waals surface area contributed by atoms with Gasteiger partial charge in [0, 0.05) is 11.6 Å². The summed E-state index contributed by atoms with van der Waals surface area (Å²) in [6.45, 7) is 1.87. The van der Waals surface area contributed by atoms with Crippen LogP contribution in [-0.4, -0.2) is 25.7 Å². The molecule has 0 saturated carbocycles. The number of carbonyl (C=O) groups excluding carboxylic acids is 1. The molecule has 28 heavy (non-hydrogen) atoms. The number of amides is 1. The Kier molecular flexibility index (Phi) is 3.31. The minimum Gasteiger partial charge on any atom is -0.384 e. The molecule has 0 fully saturated rings. The van der Waals surface area contributed by atoms with Gasteiger partial charge >= 0.3 is 0 Å². The van der Waals surface area contributed by atoms with Gasteiger partial charge in [0.05, 0.1) is 43.3 Å². The summed E-state index contributed by atoms with van der Waals surface area (Å²) in [6.07, 6.45) is 3.24. The zero-order valence-corrected chi connectivity index (χ0v) is 15.5. The lowest BCUT2D eigenvalue weighted by Gasteiger charge is -2.16. The quantitative estimate of drug-likeness (QED) is 0.426. The molecule has 0 saturated heterocycles. The minimum atomic E-state index is -0.695. The van der Waals surface area contributed by atoms with Gasteiger partial charge in [-0.1, -0.05) is 6.07 Å². The molecule has 0 atom stereocenters. The number of anilines is 1. The zero-order chi connectivity index (χ0) is 19.6. The Morgan fingerprint density at radius 2 is 2.11 bits per heavy atom. The van der Waals surface area contributed by atoms with Gasteiger partial charge in [0.2, 0.25) is 0 Å².